The Morgan fingerprint density at radius 1 is 1.17 bits per heavy atom. The number of halogens is 3. The number of carbonyl (C=O) groups excluding carboxylic acids is 1. The number of carbonyl (C=O) groups is 1. The number of amides is 1. The van der Waals surface area contributed by atoms with Crippen molar-refractivity contribution >= 4 is 11.5 Å². The Morgan fingerprint density at radius 2 is 1.67 bits per heavy atom. The van der Waals surface area contributed by atoms with Crippen molar-refractivity contribution < 1.29 is 18.0 Å². The molecule has 0 unspecified atom stereocenters. The largest absolute Gasteiger partial charge is 0.416 e. The molecular formula is C13H14F3NO. The van der Waals surface area contributed by atoms with E-state index in [1.165, 1.54) is 23.1 Å². The van der Waals surface area contributed by atoms with Crippen LogP contribution in [-0.2, 0) is 11.0 Å². The average Bonchev–Trinajstić information content (AvgIpc) is 2.27. The van der Waals surface area contributed by atoms with Gasteiger partial charge in [-0.3, -0.25) is 4.79 Å². The van der Waals surface area contributed by atoms with Gasteiger partial charge in [-0.1, -0.05) is 12.1 Å². The Balaban J connectivity index is 2.96. The lowest BCUT2D eigenvalue weighted by Crippen LogP contribution is -2.19. The summed E-state index contributed by atoms with van der Waals surface area (Å²) in [5.74, 6) is -0.201. The molecule has 1 aromatic carbocycles. The summed E-state index contributed by atoms with van der Waals surface area (Å²) >= 11 is 0. The van der Waals surface area contributed by atoms with Crippen molar-refractivity contribution in [3.8, 4) is 0 Å². The molecule has 1 aromatic rings. The van der Waals surface area contributed by atoms with Crippen molar-refractivity contribution in [2.45, 2.75) is 13.1 Å². The molecule has 0 saturated carbocycles. The predicted molar refractivity (Wildman–Crippen MR) is 63.8 cm³/mol. The van der Waals surface area contributed by atoms with Crippen LogP contribution in [0.1, 0.15) is 18.1 Å². The number of allylic oxidation sites excluding steroid dienone is 1. The molecule has 0 atom stereocenters. The lowest BCUT2D eigenvalue weighted by atomic mass is 10.0. The Kier molecular flexibility index (Phi) is 4.16. The van der Waals surface area contributed by atoms with Gasteiger partial charge in [0.1, 0.15) is 0 Å². The van der Waals surface area contributed by atoms with Crippen LogP contribution in [0.2, 0.25) is 0 Å². The molecule has 0 aromatic heterocycles. The van der Waals surface area contributed by atoms with Crippen LogP contribution < -0.4 is 0 Å². The zero-order chi connectivity index (χ0) is 13.9. The van der Waals surface area contributed by atoms with Crippen LogP contribution in [0, 0.1) is 0 Å². The number of likely N-dealkylation sites (N-methyl/N-ethyl adjacent to an activating group) is 1. The molecule has 18 heavy (non-hydrogen) atoms. The van der Waals surface area contributed by atoms with E-state index in [4.69, 9.17) is 0 Å². The maximum Gasteiger partial charge on any atom is 0.416 e. The predicted octanol–water partition coefficient (Wildman–Crippen LogP) is 3.20. The van der Waals surface area contributed by atoms with Crippen molar-refractivity contribution in [3.05, 3.63) is 41.5 Å². The lowest BCUT2D eigenvalue weighted by Gasteiger charge is -2.09. The molecule has 2 nitrogen and oxygen atoms in total. The van der Waals surface area contributed by atoms with Gasteiger partial charge in [0.2, 0.25) is 5.91 Å². The van der Waals surface area contributed by atoms with Crippen LogP contribution in [-0.4, -0.2) is 24.9 Å². The van der Waals surface area contributed by atoms with Crippen molar-refractivity contribution in [3.63, 3.8) is 0 Å². The van der Waals surface area contributed by atoms with Gasteiger partial charge in [0.25, 0.3) is 0 Å². The number of benzene rings is 1. The van der Waals surface area contributed by atoms with E-state index in [0.29, 0.717) is 11.1 Å². The maximum atomic E-state index is 12.4. The molecule has 0 bridgehead atoms. The Labute approximate surface area is 104 Å². The first-order chi connectivity index (χ1) is 8.21. The first-order valence-corrected chi connectivity index (χ1v) is 5.29. The van der Waals surface area contributed by atoms with Gasteiger partial charge >= 0.3 is 6.18 Å². The van der Waals surface area contributed by atoms with Gasteiger partial charge in [0, 0.05) is 20.2 Å². The standard InChI is InChI=1S/C13H14F3NO/c1-9(8-12(18)17(2)3)10-4-6-11(7-5-10)13(14,15)16/h4-8H,1-3H3/b9-8+. The first-order valence-electron chi connectivity index (χ1n) is 5.29. The van der Waals surface area contributed by atoms with E-state index < -0.39 is 11.7 Å². The molecule has 0 aliphatic rings. The van der Waals surface area contributed by atoms with Gasteiger partial charge in [-0.2, -0.15) is 13.2 Å². The van der Waals surface area contributed by atoms with Gasteiger partial charge < -0.3 is 4.90 Å². The van der Waals surface area contributed by atoms with Crippen molar-refractivity contribution in [2.24, 2.45) is 0 Å². The molecule has 0 heterocycles. The quantitative estimate of drug-likeness (QED) is 0.745. The number of alkyl halides is 3. The fraction of sp³-hybridized carbons (Fsp3) is 0.308. The molecule has 5 heteroatoms. The highest BCUT2D eigenvalue weighted by Crippen LogP contribution is 2.29. The third-order valence-corrected chi connectivity index (χ3v) is 2.45. The minimum Gasteiger partial charge on any atom is -0.345 e. The topological polar surface area (TPSA) is 20.3 Å². The Bertz CT molecular complexity index is 458. The van der Waals surface area contributed by atoms with Crippen LogP contribution in [0.3, 0.4) is 0 Å². The fourth-order valence-corrected chi connectivity index (χ4v) is 1.32. The minimum absolute atomic E-state index is 0.201. The Hall–Kier alpha value is -1.78. The van der Waals surface area contributed by atoms with Crippen LogP contribution in [0.5, 0.6) is 0 Å². The van der Waals surface area contributed by atoms with Crippen LogP contribution >= 0.6 is 0 Å². The zero-order valence-electron chi connectivity index (χ0n) is 10.4. The van der Waals surface area contributed by atoms with Crippen LogP contribution in [0.25, 0.3) is 5.57 Å². The van der Waals surface area contributed by atoms with Crippen molar-refractivity contribution in [1.82, 2.24) is 4.90 Å². The molecule has 0 saturated heterocycles. The third kappa shape index (κ3) is 3.61. The van der Waals surface area contributed by atoms with E-state index in [2.05, 4.69) is 0 Å². The summed E-state index contributed by atoms with van der Waals surface area (Å²) in [6.07, 6.45) is -2.95. The molecule has 0 aliphatic heterocycles. The van der Waals surface area contributed by atoms with Crippen LogP contribution in [0.15, 0.2) is 30.3 Å². The van der Waals surface area contributed by atoms with E-state index in [0.717, 1.165) is 12.1 Å². The maximum absolute atomic E-state index is 12.4. The minimum atomic E-state index is -4.34. The van der Waals surface area contributed by atoms with Gasteiger partial charge in [-0.05, 0) is 30.2 Å². The van der Waals surface area contributed by atoms with E-state index in [9.17, 15) is 18.0 Å². The zero-order valence-corrected chi connectivity index (χ0v) is 10.4. The highest BCUT2D eigenvalue weighted by molar-refractivity contribution is 5.94. The highest BCUT2D eigenvalue weighted by Gasteiger charge is 2.29. The lowest BCUT2D eigenvalue weighted by molar-refractivity contribution is -0.137. The second kappa shape index (κ2) is 5.25. The normalized spacial score (nSPS) is 12.4. The first kappa shape index (κ1) is 14.3. The monoisotopic (exact) mass is 257 g/mol. The van der Waals surface area contributed by atoms with Gasteiger partial charge in [-0.25, -0.2) is 0 Å². The highest BCUT2D eigenvalue weighted by atomic mass is 19.4. The second-order valence-electron chi connectivity index (χ2n) is 4.14. The summed E-state index contributed by atoms with van der Waals surface area (Å²) in [4.78, 5) is 12.8. The van der Waals surface area contributed by atoms with E-state index in [1.54, 1.807) is 21.0 Å². The molecule has 0 fully saturated rings. The van der Waals surface area contributed by atoms with Crippen molar-refractivity contribution in [1.29, 1.82) is 0 Å². The summed E-state index contributed by atoms with van der Waals surface area (Å²) in [5, 5.41) is 0. The second-order valence-corrected chi connectivity index (χ2v) is 4.14. The molecule has 1 amide bonds. The number of hydrogen-bond donors (Lipinski definition) is 0. The number of nitrogens with zero attached hydrogens (tertiary/aromatic N) is 1. The summed E-state index contributed by atoms with van der Waals surface area (Å²) in [6, 6.07) is 4.73. The molecule has 0 N–H and O–H groups in total. The fourth-order valence-electron chi connectivity index (χ4n) is 1.32. The summed E-state index contributed by atoms with van der Waals surface area (Å²) in [7, 11) is 3.22. The average molecular weight is 257 g/mol. The molecular weight excluding hydrogens is 243 g/mol. The summed E-state index contributed by atoms with van der Waals surface area (Å²) in [5.41, 5.74) is 0.526. The van der Waals surface area contributed by atoms with Crippen LogP contribution in [0.4, 0.5) is 13.2 Å². The van der Waals surface area contributed by atoms with Crippen molar-refractivity contribution in [2.75, 3.05) is 14.1 Å². The molecule has 0 spiro atoms. The number of hydrogen-bond acceptors (Lipinski definition) is 1. The number of rotatable bonds is 2. The SMILES string of the molecule is C/C(=C\C(=O)N(C)C)c1ccc(C(F)(F)F)cc1. The van der Waals surface area contributed by atoms with E-state index in [-0.39, 0.29) is 5.91 Å². The Morgan fingerprint density at radius 3 is 2.06 bits per heavy atom. The molecule has 0 radical (unpaired) electrons. The molecule has 98 valence electrons. The van der Waals surface area contributed by atoms with Gasteiger partial charge in [0.15, 0.2) is 0 Å². The van der Waals surface area contributed by atoms with Gasteiger partial charge in [0.05, 0.1) is 5.56 Å². The smallest absolute Gasteiger partial charge is 0.345 e. The third-order valence-electron chi connectivity index (χ3n) is 2.45. The van der Waals surface area contributed by atoms with Gasteiger partial charge in [-0.15, -0.1) is 0 Å². The van der Waals surface area contributed by atoms with E-state index >= 15 is 0 Å². The van der Waals surface area contributed by atoms with E-state index in [1.807, 2.05) is 0 Å². The summed E-state index contributed by atoms with van der Waals surface area (Å²) < 4.78 is 37.1. The summed E-state index contributed by atoms with van der Waals surface area (Å²) in [6.45, 7) is 1.68. The molecule has 1 rings (SSSR count). The molecule has 0 aliphatic carbocycles.